The molecule has 1 aromatic heterocycles. The molecule has 3 N–H and O–H groups in total. The number of carbonyl (C=O) groups excluding carboxylic acids is 1. The van der Waals surface area contributed by atoms with E-state index < -0.39 is 29.1 Å². The molecule has 3 heterocycles. The Labute approximate surface area is 159 Å². The molecule has 0 aromatic carbocycles. The van der Waals surface area contributed by atoms with Crippen LogP contribution in [0.2, 0.25) is 0 Å². The number of anilines is 1. The summed E-state index contributed by atoms with van der Waals surface area (Å²) in [6.45, 7) is 5.26. The van der Waals surface area contributed by atoms with Gasteiger partial charge in [-0.3, -0.25) is 0 Å². The lowest BCUT2D eigenvalue weighted by atomic mass is 9.70. The highest BCUT2D eigenvalue weighted by molar-refractivity contribution is 5.93. The van der Waals surface area contributed by atoms with Crippen LogP contribution < -0.4 is 10.6 Å². The van der Waals surface area contributed by atoms with Gasteiger partial charge in [0.15, 0.2) is 5.82 Å². The number of carbonyl (C=O) groups is 1. The number of rotatable bonds is 0. The number of hydrogen-bond acceptors (Lipinski definition) is 6. The van der Waals surface area contributed by atoms with E-state index in [9.17, 15) is 23.2 Å². The summed E-state index contributed by atoms with van der Waals surface area (Å²) in [7, 11) is 0. The number of alkyl halides is 3. The molecule has 1 saturated heterocycles. The third-order valence-corrected chi connectivity index (χ3v) is 4.65. The summed E-state index contributed by atoms with van der Waals surface area (Å²) in [6.07, 6.45) is -5.33. The van der Waals surface area contributed by atoms with E-state index in [2.05, 4.69) is 9.97 Å². The van der Waals surface area contributed by atoms with Crippen LogP contribution in [-0.4, -0.2) is 34.9 Å². The van der Waals surface area contributed by atoms with Gasteiger partial charge in [-0.05, 0) is 33.6 Å². The predicted octanol–water partition coefficient (Wildman–Crippen LogP) is 2.93. The first-order chi connectivity index (χ1) is 12.9. The highest BCUT2D eigenvalue weighted by Crippen LogP contribution is 2.50. The number of ether oxygens (including phenoxy) is 2. The average molecular weight is 399 g/mol. The third-order valence-electron chi connectivity index (χ3n) is 4.65. The van der Waals surface area contributed by atoms with Gasteiger partial charge in [-0.1, -0.05) is 0 Å². The largest absolute Gasteiger partial charge is 0.449 e. The fourth-order valence-corrected chi connectivity index (χ4v) is 3.47. The van der Waals surface area contributed by atoms with Crippen molar-refractivity contribution in [1.29, 1.82) is 5.26 Å². The zero-order valence-corrected chi connectivity index (χ0v) is 15.6. The van der Waals surface area contributed by atoms with Crippen molar-refractivity contribution in [3.8, 4) is 6.07 Å². The summed E-state index contributed by atoms with van der Waals surface area (Å²) < 4.78 is 50.6. The molecule has 0 atom stereocenters. The van der Waals surface area contributed by atoms with Gasteiger partial charge in [0, 0.05) is 13.2 Å². The molecule has 2 aliphatic heterocycles. The van der Waals surface area contributed by atoms with Crippen LogP contribution in [-0.2, 0) is 21.1 Å². The number of nitrogens with zero attached hydrogens (tertiary/aromatic N) is 3. The lowest BCUT2D eigenvalue weighted by Crippen LogP contribution is -2.48. The van der Waals surface area contributed by atoms with Crippen LogP contribution in [0.3, 0.4) is 0 Å². The number of hydrogen-bond donors (Lipinski definition) is 2. The Balaban J connectivity index is 2.24. The quantitative estimate of drug-likeness (QED) is 0.693. The predicted molar refractivity (Wildman–Crippen MR) is 90.9 cm³/mol. The molecule has 0 aliphatic carbocycles. The minimum atomic E-state index is -4.77. The topological polar surface area (TPSA) is 117 Å². The molecule has 152 valence electrons. The van der Waals surface area contributed by atoms with Gasteiger partial charge in [-0.2, -0.15) is 18.4 Å². The Morgan fingerprint density at radius 2 is 1.96 bits per heavy atom. The molecule has 0 bridgehead atoms. The molecule has 8 nitrogen and oxygen atoms in total. The maximum absolute atomic E-state index is 13.3. The Morgan fingerprint density at radius 1 is 1.36 bits per heavy atom. The van der Waals surface area contributed by atoms with E-state index in [1.165, 1.54) is 0 Å². The van der Waals surface area contributed by atoms with Crippen molar-refractivity contribution in [2.75, 3.05) is 18.1 Å². The molecule has 1 fully saturated rings. The summed E-state index contributed by atoms with van der Waals surface area (Å²) in [4.78, 5) is 19.3. The fourth-order valence-electron chi connectivity index (χ4n) is 3.47. The Kier molecular flexibility index (Phi) is 4.58. The minimum absolute atomic E-state index is 0.00784. The molecule has 2 aliphatic rings. The van der Waals surface area contributed by atoms with Crippen LogP contribution in [0.5, 0.6) is 0 Å². The number of aromatic amines is 1. The molecule has 1 aromatic rings. The van der Waals surface area contributed by atoms with E-state index >= 15 is 0 Å². The zero-order valence-electron chi connectivity index (χ0n) is 15.6. The van der Waals surface area contributed by atoms with Crippen LogP contribution in [0.4, 0.5) is 23.8 Å². The van der Waals surface area contributed by atoms with Gasteiger partial charge >= 0.3 is 12.3 Å². The first kappa shape index (κ1) is 20.0. The first-order valence-corrected chi connectivity index (χ1v) is 8.59. The summed E-state index contributed by atoms with van der Waals surface area (Å²) >= 11 is 0. The van der Waals surface area contributed by atoms with Crippen LogP contribution in [0.15, 0.2) is 11.4 Å². The number of halogens is 3. The molecule has 0 saturated carbocycles. The van der Waals surface area contributed by atoms with Crippen LogP contribution in [0.1, 0.15) is 45.1 Å². The smallest absolute Gasteiger partial charge is 0.443 e. The zero-order chi connectivity index (χ0) is 20.9. The number of aromatic nitrogens is 2. The SMILES string of the molecule is CC(C)(C)OC(=O)N1C(N)=C(C#N)C2(CCOCC2)c2[nH]c(C(F)(F)F)nc21. The van der Waals surface area contributed by atoms with Gasteiger partial charge in [-0.15, -0.1) is 0 Å². The van der Waals surface area contributed by atoms with Gasteiger partial charge in [0.1, 0.15) is 11.4 Å². The first-order valence-electron chi connectivity index (χ1n) is 8.59. The molecule has 1 spiro atoms. The van der Waals surface area contributed by atoms with Crippen molar-refractivity contribution in [2.45, 2.75) is 50.8 Å². The van der Waals surface area contributed by atoms with Crippen LogP contribution in [0, 0.1) is 11.3 Å². The van der Waals surface area contributed by atoms with Crippen molar-refractivity contribution in [1.82, 2.24) is 9.97 Å². The third kappa shape index (κ3) is 3.17. The van der Waals surface area contributed by atoms with E-state index in [0.717, 1.165) is 4.90 Å². The van der Waals surface area contributed by atoms with E-state index in [1.54, 1.807) is 20.8 Å². The maximum Gasteiger partial charge on any atom is 0.449 e. The van der Waals surface area contributed by atoms with Gasteiger partial charge in [0.05, 0.1) is 22.8 Å². The molecule has 3 rings (SSSR count). The normalized spacial score (nSPS) is 19.4. The van der Waals surface area contributed by atoms with E-state index in [0.29, 0.717) is 0 Å². The van der Waals surface area contributed by atoms with Gasteiger partial charge in [-0.25, -0.2) is 14.7 Å². The highest BCUT2D eigenvalue weighted by Gasteiger charge is 2.52. The van der Waals surface area contributed by atoms with Gasteiger partial charge in [0.25, 0.3) is 0 Å². The van der Waals surface area contributed by atoms with Crippen LogP contribution in [0.25, 0.3) is 0 Å². The highest BCUT2D eigenvalue weighted by atomic mass is 19.4. The lowest BCUT2D eigenvalue weighted by molar-refractivity contribution is -0.144. The van der Waals surface area contributed by atoms with E-state index in [1.807, 2.05) is 6.07 Å². The molecular weight excluding hydrogens is 379 g/mol. The summed E-state index contributed by atoms with van der Waals surface area (Å²) in [5, 5.41) is 9.74. The second kappa shape index (κ2) is 6.41. The number of allylic oxidation sites excluding steroid dienone is 1. The Morgan fingerprint density at radius 3 is 2.46 bits per heavy atom. The molecule has 28 heavy (non-hydrogen) atoms. The standard InChI is InChI=1S/C17H20F3N5O3/c1-15(2,3)28-14(26)25-11(22)9(8-21)16(4-6-27-7-5-16)10-12(25)24-13(23-10)17(18,19)20/h4-7,22H2,1-3H3,(H,23,24). The van der Waals surface area contributed by atoms with Crippen molar-refractivity contribution in [2.24, 2.45) is 5.73 Å². The Hall–Kier alpha value is -2.74. The number of nitriles is 1. The maximum atomic E-state index is 13.3. The summed E-state index contributed by atoms with van der Waals surface area (Å²) in [5.74, 6) is -1.87. The number of fused-ring (bicyclic) bond motifs is 2. The molecule has 11 heteroatoms. The molecule has 0 unspecified atom stereocenters. The number of imidazole rings is 1. The monoisotopic (exact) mass is 399 g/mol. The lowest BCUT2D eigenvalue weighted by Gasteiger charge is -2.42. The van der Waals surface area contributed by atoms with Crippen LogP contribution >= 0.6 is 0 Å². The van der Waals surface area contributed by atoms with Crippen molar-refractivity contribution >= 4 is 11.9 Å². The van der Waals surface area contributed by atoms with Gasteiger partial charge < -0.3 is 20.2 Å². The molecule has 0 radical (unpaired) electrons. The van der Waals surface area contributed by atoms with E-state index in [4.69, 9.17) is 15.2 Å². The molecular formula is C17H20F3N5O3. The number of nitrogens with one attached hydrogen (secondary N) is 1. The summed E-state index contributed by atoms with van der Waals surface area (Å²) in [5.41, 5.74) is 4.04. The van der Waals surface area contributed by atoms with E-state index in [-0.39, 0.29) is 49.0 Å². The average Bonchev–Trinajstić information content (AvgIpc) is 3.00. The second-order valence-corrected chi connectivity index (χ2v) is 7.66. The van der Waals surface area contributed by atoms with Crippen molar-refractivity contribution in [3.63, 3.8) is 0 Å². The van der Waals surface area contributed by atoms with Gasteiger partial charge in [0.2, 0.25) is 5.82 Å². The summed E-state index contributed by atoms with van der Waals surface area (Å²) in [6, 6.07) is 1.97. The number of nitrogens with two attached hydrogens (primary N) is 1. The number of H-pyrrole nitrogens is 1. The fraction of sp³-hybridized carbons (Fsp3) is 0.588. The second-order valence-electron chi connectivity index (χ2n) is 7.66. The number of amides is 1. The minimum Gasteiger partial charge on any atom is -0.443 e. The molecule has 1 amide bonds. The Bertz CT molecular complexity index is 870. The van der Waals surface area contributed by atoms with Crippen molar-refractivity contribution in [3.05, 3.63) is 22.9 Å². The van der Waals surface area contributed by atoms with Crippen molar-refractivity contribution < 1.29 is 27.4 Å².